The Hall–Kier alpha value is -5.50. The van der Waals surface area contributed by atoms with Gasteiger partial charge in [-0.3, -0.25) is 4.57 Å². The standard InChI is InChI=1S/C37H30F2N4O2/c1-23-15-24(2)33(20-39)37(32(23)19-38)25-21-41-42(22-25)26-7-6-8-28(16-26)45-29-11-12-31-30-9-4-5-10-34(30)43(35(31)17-29)36-18-27(44-3)13-14-40-36/h4-18,21-22H,19-20H2,1-3H3. The summed E-state index contributed by atoms with van der Waals surface area (Å²) < 4.78 is 43.9. The first-order valence-electron chi connectivity index (χ1n) is 14.6. The Kier molecular flexibility index (Phi) is 7.25. The summed E-state index contributed by atoms with van der Waals surface area (Å²) in [4.78, 5) is 4.63. The van der Waals surface area contributed by atoms with Crippen LogP contribution < -0.4 is 9.47 Å². The minimum absolute atomic E-state index is 0.488. The van der Waals surface area contributed by atoms with Crippen LogP contribution in [0.15, 0.2) is 104 Å². The number of pyridine rings is 1. The Balaban J connectivity index is 1.25. The van der Waals surface area contributed by atoms with Gasteiger partial charge < -0.3 is 9.47 Å². The molecule has 6 nitrogen and oxygen atoms in total. The molecule has 0 saturated carbocycles. The summed E-state index contributed by atoms with van der Waals surface area (Å²) >= 11 is 0. The van der Waals surface area contributed by atoms with Gasteiger partial charge in [-0.25, -0.2) is 18.4 Å². The molecule has 0 unspecified atom stereocenters. The number of hydrogen-bond acceptors (Lipinski definition) is 4. The summed E-state index contributed by atoms with van der Waals surface area (Å²) in [5.41, 5.74) is 6.53. The number of hydrogen-bond donors (Lipinski definition) is 0. The van der Waals surface area contributed by atoms with E-state index < -0.39 is 13.3 Å². The molecule has 0 amide bonds. The van der Waals surface area contributed by atoms with E-state index in [1.807, 2.05) is 80.6 Å². The zero-order valence-electron chi connectivity index (χ0n) is 25.1. The van der Waals surface area contributed by atoms with Crippen molar-refractivity contribution in [1.29, 1.82) is 0 Å². The van der Waals surface area contributed by atoms with E-state index in [1.165, 1.54) is 0 Å². The van der Waals surface area contributed by atoms with Crippen LogP contribution in [0, 0.1) is 13.8 Å². The molecule has 3 aromatic heterocycles. The highest BCUT2D eigenvalue weighted by molar-refractivity contribution is 6.09. The lowest BCUT2D eigenvalue weighted by atomic mass is 9.90. The maximum atomic E-state index is 14.1. The van der Waals surface area contributed by atoms with Crippen LogP contribution in [-0.2, 0) is 13.3 Å². The van der Waals surface area contributed by atoms with Gasteiger partial charge in [0.05, 0.1) is 30.0 Å². The second-order valence-corrected chi connectivity index (χ2v) is 11.0. The second-order valence-electron chi connectivity index (χ2n) is 11.0. The number of para-hydroxylation sites is 1. The fourth-order valence-corrected chi connectivity index (χ4v) is 6.10. The van der Waals surface area contributed by atoms with E-state index in [4.69, 9.17) is 9.47 Å². The van der Waals surface area contributed by atoms with E-state index in [0.717, 1.165) is 50.2 Å². The van der Waals surface area contributed by atoms with Crippen LogP contribution in [-0.4, -0.2) is 26.4 Å². The number of nitrogens with zero attached hydrogens (tertiary/aromatic N) is 4. The SMILES string of the molecule is COc1ccnc(-n2c3ccccc3c3ccc(Oc4cccc(-n5cc(-c6c(CF)c(C)cc(C)c6CF)cn5)c4)cc32)c1. The van der Waals surface area contributed by atoms with Gasteiger partial charge in [0.25, 0.3) is 0 Å². The lowest BCUT2D eigenvalue weighted by Gasteiger charge is -2.15. The molecule has 0 bridgehead atoms. The first-order chi connectivity index (χ1) is 22.0. The third kappa shape index (κ3) is 4.98. The van der Waals surface area contributed by atoms with E-state index in [-0.39, 0.29) is 0 Å². The molecular formula is C37H30F2N4O2. The van der Waals surface area contributed by atoms with E-state index in [0.29, 0.717) is 33.8 Å². The van der Waals surface area contributed by atoms with Gasteiger partial charge in [0, 0.05) is 46.9 Å². The van der Waals surface area contributed by atoms with Gasteiger partial charge >= 0.3 is 0 Å². The molecular weight excluding hydrogens is 570 g/mol. The van der Waals surface area contributed by atoms with Crippen molar-refractivity contribution >= 4 is 21.8 Å². The Bertz CT molecular complexity index is 2170. The van der Waals surface area contributed by atoms with Crippen molar-refractivity contribution in [1.82, 2.24) is 19.3 Å². The van der Waals surface area contributed by atoms with Crippen LogP contribution in [0.1, 0.15) is 22.3 Å². The van der Waals surface area contributed by atoms with Crippen LogP contribution in [0.25, 0.3) is 44.4 Å². The number of ether oxygens (including phenoxy) is 2. The Morgan fingerprint density at radius 2 is 1.49 bits per heavy atom. The predicted molar refractivity (Wildman–Crippen MR) is 173 cm³/mol. The number of aryl methyl sites for hydroxylation is 2. The topological polar surface area (TPSA) is 54.1 Å². The Morgan fingerprint density at radius 3 is 2.27 bits per heavy atom. The average Bonchev–Trinajstić information content (AvgIpc) is 3.68. The summed E-state index contributed by atoms with van der Waals surface area (Å²) in [6.07, 6.45) is 5.19. The normalized spacial score (nSPS) is 11.4. The average molecular weight is 601 g/mol. The van der Waals surface area contributed by atoms with Gasteiger partial charge in [0.2, 0.25) is 0 Å². The fourth-order valence-electron chi connectivity index (χ4n) is 6.10. The van der Waals surface area contributed by atoms with Crippen LogP contribution in [0.4, 0.5) is 8.78 Å². The van der Waals surface area contributed by atoms with Crippen molar-refractivity contribution in [3.05, 3.63) is 126 Å². The van der Waals surface area contributed by atoms with Crippen molar-refractivity contribution < 1.29 is 18.3 Å². The highest BCUT2D eigenvalue weighted by atomic mass is 19.1. The molecule has 4 aromatic carbocycles. The molecule has 224 valence electrons. The summed E-state index contributed by atoms with van der Waals surface area (Å²) in [7, 11) is 1.64. The Morgan fingerprint density at radius 1 is 0.733 bits per heavy atom. The van der Waals surface area contributed by atoms with Crippen molar-refractivity contribution in [3.63, 3.8) is 0 Å². The molecule has 45 heavy (non-hydrogen) atoms. The van der Waals surface area contributed by atoms with E-state index in [1.54, 1.807) is 30.4 Å². The van der Waals surface area contributed by atoms with Crippen molar-refractivity contribution in [2.75, 3.05) is 7.11 Å². The van der Waals surface area contributed by atoms with Crippen molar-refractivity contribution in [3.8, 4) is 39.9 Å². The summed E-state index contributed by atoms with van der Waals surface area (Å²) in [5, 5.41) is 6.72. The number of benzene rings is 4. The maximum Gasteiger partial charge on any atom is 0.141 e. The summed E-state index contributed by atoms with van der Waals surface area (Å²) in [6.45, 7) is 2.34. The molecule has 7 rings (SSSR count). The first kappa shape index (κ1) is 28.3. The lowest BCUT2D eigenvalue weighted by molar-refractivity contribution is 0.414. The molecule has 8 heteroatoms. The van der Waals surface area contributed by atoms with E-state index >= 15 is 0 Å². The number of methoxy groups -OCH3 is 1. The zero-order chi connectivity index (χ0) is 31.1. The van der Waals surface area contributed by atoms with Crippen LogP contribution in [0.5, 0.6) is 17.2 Å². The van der Waals surface area contributed by atoms with E-state index in [2.05, 4.69) is 32.8 Å². The zero-order valence-corrected chi connectivity index (χ0v) is 25.1. The smallest absolute Gasteiger partial charge is 0.141 e. The number of aromatic nitrogens is 4. The largest absolute Gasteiger partial charge is 0.497 e. The highest BCUT2D eigenvalue weighted by Crippen LogP contribution is 2.37. The minimum Gasteiger partial charge on any atom is -0.497 e. The quantitative estimate of drug-likeness (QED) is 0.174. The lowest BCUT2D eigenvalue weighted by Crippen LogP contribution is -2.00. The van der Waals surface area contributed by atoms with Gasteiger partial charge in [0.1, 0.15) is 36.4 Å². The molecule has 0 aliphatic rings. The summed E-state index contributed by atoms with van der Waals surface area (Å²) in [6, 6.07) is 27.4. The van der Waals surface area contributed by atoms with Gasteiger partial charge in [0.15, 0.2) is 0 Å². The highest BCUT2D eigenvalue weighted by Gasteiger charge is 2.19. The number of rotatable bonds is 8. The molecule has 0 radical (unpaired) electrons. The summed E-state index contributed by atoms with van der Waals surface area (Å²) in [5.74, 6) is 2.73. The molecule has 0 atom stereocenters. The molecule has 3 heterocycles. The fraction of sp³-hybridized carbons (Fsp3) is 0.135. The molecule has 0 aliphatic carbocycles. The minimum atomic E-state index is -0.680. The number of fused-ring (bicyclic) bond motifs is 3. The molecule has 0 aliphatic heterocycles. The molecule has 0 fully saturated rings. The third-order valence-corrected chi connectivity index (χ3v) is 8.27. The Labute approximate surface area is 259 Å². The molecule has 0 saturated heterocycles. The molecule has 0 spiro atoms. The number of alkyl halides is 2. The van der Waals surface area contributed by atoms with Crippen LogP contribution in [0.2, 0.25) is 0 Å². The van der Waals surface area contributed by atoms with Crippen LogP contribution in [0.3, 0.4) is 0 Å². The second kappa shape index (κ2) is 11.5. The van der Waals surface area contributed by atoms with Crippen molar-refractivity contribution in [2.45, 2.75) is 27.2 Å². The predicted octanol–water partition coefficient (Wildman–Crippen LogP) is 9.39. The van der Waals surface area contributed by atoms with Crippen LogP contribution >= 0.6 is 0 Å². The van der Waals surface area contributed by atoms with Gasteiger partial charge in [-0.1, -0.05) is 30.3 Å². The van der Waals surface area contributed by atoms with Crippen molar-refractivity contribution in [2.24, 2.45) is 0 Å². The molecule has 7 aromatic rings. The third-order valence-electron chi connectivity index (χ3n) is 8.27. The molecule has 0 N–H and O–H groups in total. The van der Waals surface area contributed by atoms with Gasteiger partial charge in [-0.2, -0.15) is 5.10 Å². The van der Waals surface area contributed by atoms with Gasteiger partial charge in [-0.05, 0) is 78.1 Å². The van der Waals surface area contributed by atoms with Gasteiger partial charge in [-0.15, -0.1) is 0 Å². The monoisotopic (exact) mass is 600 g/mol. The first-order valence-corrected chi connectivity index (χ1v) is 14.6. The maximum absolute atomic E-state index is 14.1. The number of halogens is 2. The van der Waals surface area contributed by atoms with E-state index in [9.17, 15) is 8.78 Å².